The quantitative estimate of drug-likeness (QED) is 0.726. The molecule has 3 nitrogen and oxygen atoms in total. The first-order valence-corrected chi connectivity index (χ1v) is 5.53. The molecule has 1 rings (SSSR count). The average molecular weight is 220 g/mol. The molecule has 0 aliphatic rings. The van der Waals surface area contributed by atoms with E-state index in [1.165, 1.54) is 5.57 Å². The van der Waals surface area contributed by atoms with E-state index in [1.807, 2.05) is 23.8 Å². The van der Waals surface area contributed by atoms with Crippen molar-refractivity contribution in [2.75, 3.05) is 7.11 Å². The van der Waals surface area contributed by atoms with Gasteiger partial charge in [-0.25, -0.2) is 4.98 Å². The molecule has 0 fully saturated rings. The van der Waals surface area contributed by atoms with Crippen LogP contribution in [0.25, 0.3) is 12.0 Å². The summed E-state index contributed by atoms with van der Waals surface area (Å²) >= 11 is 0. The van der Waals surface area contributed by atoms with Crippen molar-refractivity contribution in [3.8, 4) is 0 Å². The van der Waals surface area contributed by atoms with Gasteiger partial charge >= 0.3 is 0 Å². The summed E-state index contributed by atoms with van der Waals surface area (Å²) in [5.74, 6) is 1.69. The van der Waals surface area contributed by atoms with Crippen LogP contribution in [0.15, 0.2) is 17.8 Å². The first kappa shape index (κ1) is 12.6. The molecular formula is C13H20N2O. The molecule has 0 saturated carbocycles. The van der Waals surface area contributed by atoms with Gasteiger partial charge in [-0.15, -0.1) is 0 Å². The predicted octanol–water partition coefficient (Wildman–Crippen LogP) is 3.47. The fraction of sp³-hybridized carbons (Fsp3) is 0.462. The number of aromatic nitrogens is 2. The van der Waals surface area contributed by atoms with E-state index in [1.54, 1.807) is 7.11 Å². The monoisotopic (exact) mass is 220 g/mol. The van der Waals surface area contributed by atoms with Crippen LogP contribution in [0.1, 0.15) is 38.7 Å². The molecule has 0 radical (unpaired) electrons. The van der Waals surface area contributed by atoms with Crippen LogP contribution in [-0.2, 0) is 4.74 Å². The van der Waals surface area contributed by atoms with Crippen LogP contribution in [0.5, 0.6) is 0 Å². The lowest BCUT2D eigenvalue weighted by Crippen LogP contribution is -1.97. The number of hydrogen-bond acceptors (Lipinski definition) is 2. The highest BCUT2D eigenvalue weighted by molar-refractivity contribution is 5.56. The molecule has 0 aliphatic heterocycles. The summed E-state index contributed by atoms with van der Waals surface area (Å²) < 4.78 is 7.37. The standard InChI is InChI=1S/C13H20N2O/c1-6-7-12(16-5)13-14-11(4)9-15(13)8-10(2)3/h7-9H,6H2,1-5H3/b12-7-. The highest BCUT2D eigenvalue weighted by Crippen LogP contribution is 2.16. The van der Waals surface area contributed by atoms with E-state index in [4.69, 9.17) is 4.74 Å². The van der Waals surface area contributed by atoms with Gasteiger partial charge in [0.2, 0.25) is 0 Å². The Morgan fingerprint density at radius 1 is 1.50 bits per heavy atom. The third-order valence-corrected chi connectivity index (χ3v) is 2.08. The van der Waals surface area contributed by atoms with Gasteiger partial charge < -0.3 is 9.30 Å². The molecule has 0 spiro atoms. The maximum Gasteiger partial charge on any atom is 0.179 e. The van der Waals surface area contributed by atoms with Crippen LogP contribution in [0, 0.1) is 6.92 Å². The van der Waals surface area contributed by atoms with Crippen LogP contribution < -0.4 is 0 Å². The van der Waals surface area contributed by atoms with Crippen molar-refractivity contribution in [3.63, 3.8) is 0 Å². The third kappa shape index (κ3) is 2.99. The topological polar surface area (TPSA) is 27.1 Å². The Labute approximate surface area is 97.5 Å². The van der Waals surface area contributed by atoms with Crippen molar-refractivity contribution < 1.29 is 4.74 Å². The second-order valence-electron chi connectivity index (χ2n) is 4.00. The number of imidazole rings is 1. The van der Waals surface area contributed by atoms with Crippen molar-refractivity contribution in [1.29, 1.82) is 0 Å². The second kappa shape index (κ2) is 5.54. The van der Waals surface area contributed by atoms with Gasteiger partial charge in [0.25, 0.3) is 0 Å². The normalized spacial score (nSPS) is 11.4. The number of ether oxygens (including phenoxy) is 1. The molecule has 0 N–H and O–H groups in total. The van der Waals surface area contributed by atoms with Crippen molar-refractivity contribution in [2.24, 2.45) is 0 Å². The van der Waals surface area contributed by atoms with Crippen LogP contribution in [0.4, 0.5) is 0 Å². The predicted molar refractivity (Wildman–Crippen MR) is 67.9 cm³/mol. The molecule has 0 bridgehead atoms. The van der Waals surface area contributed by atoms with E-state index in [-0.39, 0.29) is 0 Å². The lowest BCUT2D eigenvalue weighted by molar-refractivity contribution is 0.364. The van der Waals surface area contributed by atoms with E-state index in [2.05, 4.69) is 32.0 Å². The SMILES string of the molecule is CC/C=C(\OC)c1nc(C)cn1C=C(C)C. The maximum atomic E-state index is 5.36. The highest BCUT2D eigenvalue weighted by atomic mass is 16.5. The molecule has 0 aromatic carbocycles. The fourth-order valence-electron chi connectivity index (χ4n) is 1.53. The van der Waals surface area contributed by atoms with Gasteiger partial charge in [0.1, 0.15) is 0 Å². The van der Waals surface area contributed by atoms with Crippen LogP contribution in [0.2, 0.25) is 0 Å². The number of methoxy groups -OCH3 is 1. The Bertz CT molecular complexity index is 410. The minimum Gasteiger partial charge on any atom is -0.493 e. The van der Waals surface area contributed by atoms with E-state index in [0.717, 1.165) is 23.7 Å². The first-order chi connectivity index (χ1) is 7.58. The van der Waals surface area contributed by atoms with E-state index in [9.17, 15) is 0 Å². The summed E-state index contributed by atoms with van der Waals surface area (Å²) in [6.07, 6.45) is 7.03. The van der Waals surface area contributed by atoms with Gasteiger partial charge in [-0.2, -0.15) is 0 Å². The van der Waals surface area contributed by atoms with Crippen molar-refractivity contribution >= 4 is 12.0 Å². The summed E-state index contributed by atoms with van der Waals surface area (Å²) in [5.41, 5.74) is 2.22. The number of hydrogen-bond donors (Lipinski definition) is 0. The fourth-order valence-corrected chi connectivity index (χ4v) is 1.53. The molecule has 0 atom stereocenters. The smallest absolute Gasteiger partial charge is 0.179 e. The van der Waals surface area contributed by atoms with Crippen LogP contribution in [-0.4, -0.2) is 16.7 Å². The highest BCUT2D eigenvalue weighted by Gasteiger charge is 2.09. The molecule has 0 amide bonds. The zero-order chi connectivity index (χ0) is 12.1. The molecule has 88 valence electrons. The van der Waals surface area contributed by atoms with E-state index < -0.39 is 0 Å². The van der Waals surface area contributed by atoms with E-state index >= 15 is 0 Å². The molecule has 0 saturated heterocycles. The number of nitrogens with zero attached hydrogens (tertiary/aromatic N) is 2. The zero-order valence-electron chi connectivity index (χ0n) is 10.7. The Balaban J connectivity index is 3.21. The zero-order valence-corrected chi connectivity index (χ0v) is 10.7. The number of rotatable bonds is 4. The molecule has 1 aromatic heterocycles. The Morgan fingerprint density at radius 3 is 2.69 bits per heavy atom. The van der Waals surface area contributed by atoms with Gasteiger partial charge in [0.15, 0.2) is 11.6 Å². The van der Waals surface area contributed by atoms with Crippen molar-refractivity contribution in [1.82, 2.24) is 9.55 Å². The number of allylic oxidation sites excluding steroid dienone is 2. The van der Waals surface area contributed by atoms with Gasteiger partial charge in [-0.3, -0.25) is 0 Å². The first-order valence-electron chi connectivity index (χ1n) is 5.53. The average Bonchev–Trinajstić information content (AvgIpc) is 2.55. The Kier molecular flexibility index (Phi) is 4.35. The summed E-state index contributed by atoms with van der Waals surface area (Å²) in [7, 11) is 1.68. The Hall–Kier alpha value is -1.51. The van der Waals surface area contributed by atoms with Gasteiger partial charge in [-0.05, 0) is 33.3 Å². The van der Waals surface area contributed by atoms with Gasteiger partial charge in [0.05, 0.1) is 12.8 Å². The molecule has 16 heavy (non-hydrogen) atoms. The molecule has 0 aliphatic carbocycles. The second-order valence-corrected chi connectivity index (χ2v) is 4.00. The summed E-state index contributed by atoms with van der Waals surface area (Å²) in [4.78, 5) is 4.48. The minimum absolute atomic E-state index is 0.827. The van der Waals surface area contributed by atoms with Gasteiger partial charge in [-0.1, -0.05) is 12.5 Å². The minimum atomic E-state index is 0.827. The van der Waals surface area contributed by atoms with Crippen molar-refractivity contribution in [2.45, 2.75) is 34.1 Å². The molecule has 3 heteroatoms. The summed E-state index contributed by atoms with van der Waals surface area (Å²) in [5, 5.41) is 0. The summed E-state index contributed by atoms with van der Waals surface area (Å²) in [6.45, 7) is 8.20. The Morgan fingerprint density at radius 2 is 2.19 bits per heavy atom. The van der Waals surface area contributed by atoms with Crippen LogP contribution in [0.3, 0.4) is 0 Å². The van der Waals surface area contributed by atoms with Crippen LogP contribution >= 0.6 is 0 Å². The molecule has 1 heterocycles. The lowest BCUT2D eigenvalue weighted by Gasteiger charge is -2.06. The van der Waals surface area contributed by atoms with E-state index in [0.29, 0.717) is 0 Å². The maximum absolute atomic E-state index is 5.36. The molecule has 1 aromatic rings. The van der Waals surface area contributed by atoms with Crippen molar-refractivity contribution in [3.05, 3.63) is 29.4 Å². The number of aryl methyl sites for hydroxylation is 1. The van der Waals surface area contributed by atoms with Gasteiger partial charge in [0, 0.05) is 12.4 Å². The lowest BCUT2D eigenvalue weighted by atomic mass is 10.3. The summed E-state index contributed by atoms with van der Waals surface area (Å²) in [6, 6.07) is 0. The third-order valence-electron chi connectivity index (χ3n) is 2.08. The molecule has 0 unspecified atom stereocenters. The molecular weight excluding hydrogens is 200 g/mol. The largest absolute Gasteiger partial charge is 0.493 e.